The summed E-state index contributed by atoms with van der Waals surface area (Å²) in [6.07, 6.45) is 4.36. The van der Waals surface area contributed by atoms with E-state index in [1.54, 1.807) is 0 Å². The molecule has 0 bridgehead atoms. The van der Waals surface area contributed by atoms with Crippen LogP contribution in [-0.2, 0) is 19.5 Å². The molecule has 0 radical (unpaired) electrons. The summed E-state index contributed by atoms with van der Waals surface area (Å²) in [7, 11) is 0. The van der Waals surface area contributed by atoms with Gasteiger partial charge in [0.05, 0.1) is 18.2 Å². The van der Waals surface area contributed by atoms with Crippen molar-refractivity contribution in [3.8, 4) is 0 Å². The van der Waals surface area contributed by atoms with Crippen molar-refractivity contribution in [3.63, 3.8) is 0 Å². The van der Waals surface area contributed by atoms with Gasteiger partial charge >= 0.3 is 0 Å². The van der Waals surface area contributed by atoms with Crippen LogP contribution in [0.5, 0.6) is 0 Å². The molecule has 0 spiro atoms. The summed E-state index contributed by atoms with van der Waals surface area (Å²) >= 11 is 0. The fourth-order valence-electron chi connectivity index (χ4n) is 3.74. The van der Waals surface area contributed by atoms with Gasteiger partial charge in [-0.3, -0.25) is 9.88 Å². The van der Waals surface area contributed by atoms with Crippen molar-refractivity contribution in [2.24, 2.45) is 5.92 Å². The van der Waals surface area contributed by atoms with Crippen molar-refractivity contribution in [1.29, 1.82) is 0 Å². The van der Waals surface area contributed by atoms with Gasteiger partial charge in [0.25, 0.3) is 0 Å². The number of aliphatic hydroxyl groups is 1. The number of hydrogen-bond donors (Lipinski definition) is 1. The molecule has 1 fully saturated rings. The van der Waals surface area contributed by atoms with Crippen LogP contribution in [0.15, 0.2) is 48.8 Å². The third-order valence-corrected chi connectivity index (χ3v) is 5.12. The van der Waals surface area contributed by atoms with Crippen LogP contribution in [-0.4, -0.2) is 43.7 Å². The van der Waals surface area contributed by atoms with Crippen LogP contribution in [0.2, 0.25) is 0 Å². The van der Waals surface area contributed by atoms with E-state index < -0.39 is 0 Å². The molecule has 1 N–H and O–H groups in total. The van der Waals surface area contributed by atoms with E-state index in [-0.39, 0.29) is 12.0 Å². The Labute approximate surface area is 147 Å². The van der Waals surface area contributed by atoms with Gasteiger partial charge < -0.3 is 9.67 Å². The minimum Gasteiger partial charge on any atom is -0.391 e. The number of hydrogen-bond acceptors (Lipinski definition) is 4. The Balaban J connectivity index is 1.44. The average molecular weight is 336 g/mol. The first-order valence-electron chi connectivity index (χ1n) is 8.98. The predicted molar refractivity (Wildman–Crippen MR) is 98.1 cm³/mol. The minimum atomic E-state index is -0.307. The lowest BCUT2D eigenvalue weighted by molar-refractivity contribution is 0.140. The smallest absolute Gasteiger partial charge is 0.122 e. The van der Waals surface area contributed by atoms with Crippen LogP contribution < -0.4 is 0 Å². The average Bonchev–Trinajstić information content (AvgIpc) is 3.21. The Bertz CT molecular complexity index is 860. The summed E-state index contributed by atoms with van der Waals surface area (Å²) in [5.74, 6) is 1.29. The largest absolute Gasteiger partial charge is 0.391 e. The first-order chi connectivity index (χ1) is 12.2. The van der Waals surface area contributed by atoms with Crippen molar-refractivity contribution in [2.45, 2.75) is 32.5 Å². The van der Waals surface area contributed by atoms with Crippen molar-refractivity contribution in [3.05, 3.63) is 60.3 Å². The topological polar surface area (TPSA) is 54.2 Å². The molecule has 5 nitrogen and oxygen atoms in total. The second-order valence-electron chi connectivity index (χ2n) is 6.85. The van der Waals surface area contributed by atoms with Gasteiger partial charge in [-0.2, -0.15) is 0 Å². The summed E-state index contributed by atoms with van der Waals surface area (Å²) < 4.78 is 2.16. The number of aryl methyl sites for hydroxylation is 1. The highest BCUT2D eigenvalue weighted by Gasteiger charge is 2.32. The summed E-state index contributed by atoms with van der Waals surface area (Å²) in [6, 6.07) is 12.4. The first kappa shape index (κ1) is 16.2. The number of rotatable bonds is 5. The number of β-amino-alcohol motifs (C(OH)–C–C–N with tert-alkyl or cyclic N) is 1. The van der Waals surface area contributed by atoms with Gasteiger partial charge in [-0.15, -0.1) is 0 Å². The highest BCUT2D eigenvalue weighted by Crippen LogP contribution is 2.23. The molecule has 4 rings (SSSR count). The Kier molecular flexibility index (Phi) is 4.51. The van der Waals surface area contributed by atoms with E-state index in [0.29, 0.717) is 6.54 Å². The Morgan fingerprint density at radius 3 is 2.92 bits per heavy atom. The summed E-state index contributed by atoms with van der Waals surface area (Å²) in [6.45, 7) is 5.43. The number of likely N-dealkylation sites (tertiary alicyclic amines) is 1. The third-order valence-electron chi connectivity index (χ3n) is 5.12. The van der Waals surface area contributed by atoms with Crippen LogP contribution in [0.3, 0.4) is 0 Å². The number of aromatic nitrogens is 3. The van der Waals surface area contributed by atoms with Gasteiger partial charge in [-0.1, -0.05) is 24.3 Å². The van der Waals surface area contributed by atoms with E-state index in [4.69, 9.17) is 4.98 Å². The molecule has 3 heterocycles. The second-order valence-corrected chi connectivity index (χ2v) is 6.85. The third kappa shape index (κ3) is 3.43. The van der Waals surface area contributed by atoms with E-state index in [1.807, 2.05) is 30.6 Å². The molecule has 5 heteroatoms. The summed E-state index contributed by atoms with van der Waals surface area (Å²) in [5.41, 5.74) is 2.08. The number of nitrogens with zero attached hydrogens (tertiary/aromatic N) is 4. The maximum absolute atomic E-state index is 10.5. The molecular formula is C20H24N4O. The maximum Gasteiger partial charge on any atom is 0.122 e. The van der Waals surface area contributed by atoms with E-state index in [0.717, 1.165) is 48.5 Å². The number of imidazole rings is 1. The van der Waals surface area contributed by atoms with Gasteiger partial charge in [0, 0.05) is 49.0 Å². The molecule has 0 saturated carbocycles. The van der Waals surface area contributed by atoms with Gasteiger partial charge in [0.15, 0.2) is 0 Å². The molecule has 2 atom stereocenters. The molecule has 1 saturated heterocycles. The predicted octanol–water partition coefficient (Wildman–Crippen LogP) is 2.49. The maximum atomic E-state index is 10.5. The number of benzene rings is 1. The lowest BCUT2D eigenvalue weighted by Gasteiger charge is -2.16. The number of fused-ring (bicyclic) bond motifs is 1. The van der Waals surface area contributed by atoms with Gasteiger partial charge in [-0.05, 0) is 25.5 Å². The lowest BCUT2D eigenvalue weighted by Crippen LogP contribution is -2.23. The molecule has 130 valence electrons. The van der Waals surface area contributed by atoms with Crippen LogP contribution in [0.1, 0.15) is 18.4 Å². The van der Waals surface area contributed by atoms with Gasteiger partial charge in [0.1, 0.15) is 5.82 Å². The zero-order valence-corrected chi connectivity index (χ0v) is 14.5. The number of aliphatic hydroxyl groups excluding tert-OH is 1. The van der Waals surface area contributed by atoms with Crippen molar-refractivity contribution in [2.75, 3.05) is 13.1 Å². The first-order valence-corrected chi connectivity index (χ1v) is 8.98. The SMILES string of the molecule is CCn1ccnc1CN1C[C@@H](Cc2ccc3ccccc3n2)[C@H](O)C1. The molecule has 3 aromatic rings. The quantitative estimate of drug-likeness (QED) is 0.778. The van der Waals surface area contributed by atoms with Gasteiger partial charge in [0.2, 0.25) is 0 Å². The van der Waals surface area contributed by atoms with Crippen LogP contribution in [0, 0.1) is 5.92 Å². The van der Waals surface area contributed by atoms with E-state index in [2.05, 4.69) is 39.6 Å². The summed E-state index contributed by atoms with van der Waals surface area (Å²) in [4.78, 5) is 11.5. The minimum absolute atomic E-state index is 0.221. The normalized spacial score (nSPS) is 21.2. The van der Waals surface area contributed by atoms with Crippen molar-refractivity contribution in [1.82, 2.24) is 19.4 Å². The fourth-order valence-corrected chi connectivity index (χ4v) is 3.74. The van der Waals surface area contributed by atoms with Crippen LogP contribution in [0.25, 0.3) is 10.9 Å². The second kappa shape index (κ2) is 6.94. The molecule has 25 heavy (non-hydrogen) atoms. The number of para-hydroxylation sites is 1. The Hall–Kier alpha value is -2.24. The molecule has 1 aromatic carbocycles. The Morgan fingerprint density at radius 1 is 1.16 bits per heavy atom. The Morgan fingerprint density at radius 2 is 2.04 bits per heavy atom. The van der Waals surface area contributed by atoms with Crippen LogP contribution in [0.4, 0.5) is 0 Å². The fraction of sp³-hybridized carbons (Fsp3) is 0.400. The standard InChI is InChI=1S/C20H24N4O/c1-2-24-10-9-21-20(24)14-23-12-16(19(25)13-23)11-17-8-7-15-5-3-4-6-18(15)22-17/h3-10,16,19,25H,2,11-14H2,1H3/t16-,19-/m1/s1. The summed E-state index contributed by atoms with van der Waals surface area (Å²) in [5, 5.41) is 11.7. The highest BCUT2D eigenvalue weighted by molar-refractivity contribution is 5.78. The molecular weight excluding hydrogens is 312 g/mol. The molecule has 0 aliphatic carbocycles. The zero-order chi connectivity index (χ0) is 17.2. The highest BCUT2D eigenvalue weighted by atomic mass is 16.3. The van der Waals surface area contributed by atoms with Crippen molar-refractivity contribution < 1.29 is 5.11 Å². The van der Waals surface area contributed by atoms with Crippen LogP contribution >= 0.6 is 0 Å². The van der Waals surface area contributed by atoms with Crippen molar-refractivity contribution >= 4 is 10.9 Å². The zero-order valence-electron chi connectivity index (χ0n) is 14.5. The van der Waals surface area contributed by atoms with Gasteiger partial charge in [-0.25, -0.2) is 4.98 Å². The molecule has 0 unspecified atom stereocenters. The van der Waals surface area contributed by atoms with E-state index in [1.165, 1.54) is 0 Å². The molecule has 1 aliphatic heterocycles. The molecule has 0 amide bonds. The number of pyridine rings is 1. The molecule has 2 aromatic heterocycles. The molecule has 1 aliphatic rings. The monoisotopic (exact) mass is 336 g/mol. The lowest BCUT2D eigenvalue weighted by atomic mass is 9.99. The van der Waals surface area contributed by atoms with E-state index >= 15 is 0 Å². The van der Waals surface area contributed by atoms with E-state index in [9.17, 15) is 5.11 Å².